The van der Waals surface area contributed by atoms with Gasteiger partial charge in [-0.05, 0) is 12.1 Å². The van der Waals surface area contributed by atoms with Crippen molar-refractivity contribution in [3.05, 3.63) is 40.1 Å². The Hall–Kier alpha value is -1.73. The summed E-state index contributed by atoms with van der Waals surface area (Å²) in [6, 6.07) is 5.82. The van der Waals surface area contributed by atoms with E-state index in [-0.39, 0.29) is 27.4 Å². The van der Waals surface area contributed by atoms with Crippen LogP contribution in [0.3, 0.4) is 0 Å². The molecule has 0 unspecified atom stereocenters. The Bertz CT molecular complexity index is 626. The minimum atomic E-state index is -4.70. The third kappa shape index (κ3) is 3.23. The van der Waals surface area contributed by atoms with Crippen LogP contribution < -0.4 is 11.1 Å². The highest BCUT2D eigenvalue weighted by molar-refractivity contribution is 6.39. The Labute approximate surface area is 121 Å². The highest BCUT2D eigenvalue weighted by atomic mass is 35.5. The van der Waals surface area contributed by atoms with Crippen LogP contribution in [0.4, 0.5) is 30.5 Å². The molecule has 0 radical (unpaired) electrons. The number of benzene rings is 1. The van der Waals surface area contributed by atoms with E-state index in [1.165, 1.54) is 12.1 Å². The van der Waals surface area contributed by atoms with Gasteiger partial charge < -0.3 is 11.1 Å². The first-order valence-electron chi connectivity index (χ1n) is 5.20. The second kappa shape index (κ2) is 5.34. The molecule has 1 aromatic heterocycles. The molecule has 9 heteroatoms. The summed E-state index contributed by atoms with van der Waals surface area (Å²) in [5.41, 5.74) is 5.57. The van der Waals surface area contributed by atoms with Gasteiger partial charge in [-0.15, -0.1) is 0 Å². The quantitative estimate of drug-likeness (QED) is 0.872. The Kier molecular flexibility index (Phi) is 3.92. The van der Waals surface area contributed by atoms with Crippen LogP contribution in [-0.4, -0.2) is 9.97 Å². The van der Waals surface area contributed by atoms with E-state index in [4.69, 9.17) is 28.9 Å². The van der Waals surface area contributed by atoms with Crippen LogP contribution in [0.5, 0.6) is 0 Å². The normalized spacial score (nSPS) is 11.4. The van der Waals surface area contributed by atoms with E-state index < -0.39 is 12.0 Å². The highest BCUT2D eigenvalue weighted by Gasteiger charge is 2.35. The number of nitrogens with two attached hydrogens (primary N) is 1. The number of nitrogens with zero attached hydrogens (tertiary/aromatic N) is 2. The van der Waals surface area contributed by atoms with Gasteiger partial charge in [0, 0.05) is 6.07 Å². The number of hydrogen-bond donors (Lipinski definition) is 2. The maximum atomic E-state index is 12.6. The Balaban J connectivity index is 2.42. The lowest BCUT2D eigenvalue weighted by Crippen LogP contribution is -2.13. The van der Waals surface area contributed by atoms with Crippen molar-refractivity contribution in [3.63, 3.8) is 0 Å². The Morgan fingerprint density at radius 3 is 2.25 bits per heavy atom. The standard InChI is InChI=1S/C11H7Cl2F3N4/c12-5-2-1-3-6(13)9(5)19-8-4-7(17)18-10(20-8)11(14,15)16/h1-4H,(H3,17,18,19,20). The summed E-state index contributed by atoms with van der Waals surface area (Å²) >= 11 is 11.8. The third-order valence-corrected chi connectivity index (χ3v) is 2.85. The monoisotopic (exact) mass is 322 g/mol. The van der Waals surface area contributed by atoms with Crippen LogP contribution in [0.2, 0.25) is 10.0 Å². The predicted octanol–water partition coefficient (Wildman–Crippen LogP) is 4.13. The van der Waals surface area contributed by atoms with E-state index in [2.05, 4.69) is 15.3 Å². The van der Waals surface area contributed by atoms with Crippen LogP contribution in [0.25, 0.3) is 0 Å². The largest absolute Gasteiger partial charge is 0.451 e. The van der Waals surface area contributed by atoms with Gasteiger partial charge in [0.2, 0.25) is 5.82 Å². The van der Waals surface area contributed by atoms with Crippen LogP contribution in [-0.2, 0) is 6.18 Å². The van der Waals surface area contributed by atoms with E-state index in [0.29, 0.717) is 0 Å². The second-order valence-corrected chi connectivity index (χ2v) is 4.54. The predicted molar refractivity (Wildman–Crippen MR) is 71.2 cm³/mol. The van der Waals surface area contributed by atoms with E-state index >= 15 is 0 Å². The molecule has 0 saturated carbocycles. The average Bonchev–Trinajstić information content (AvgIpc) is 2.32. The second-order valence-electron chi connectivity index (χ2n) is 3.72. The molecule has 1 aromatic carbocycles. The molecule has 0 atom stereocenters. The lowest BCUT2D eigenvalue weighted by Gasteiger charge is -2.12. The molecule has 2 rings (SSSR count). The van der Waals surface area contributed by atoms with E-state index in [1.54, 1.807) is 6.07 Å². The number of rotatable bonds is 2. The first-order valence-corrected chi connectivity index (χ1v) is 5.96. The molecule has 3 N–H and O–H groups in total. The summed E-state index contributed by atoms with van der Waals surface area (Å²) in [6.07, 6.45) is -4.70. The summed E-state index contributed by atoms with van der Waals surface area (Å²) in [5.74, 6) is -1.82. The number of alkyl halides is 3. The summed E-state index contributed by atoms with van der Waals surface area (Å²) < 4.78 is 37.8. The molecule has 1 heterocycles. The van der Waals surface area contributed by atoms with Crippen molar-refractivity contribution in [2.75, 3.05) is 11.1 Å². The van der Waals surface area contributed by atoms with Gasteiger partial charge >= 0.3 is 6.18 Å². The van der Waals surface area contributed by atoms with Crippen LogP contribution in [0.15, 0.2) is 24.3 Å². The van der Waals surface area contributed by atoms with Gasteiger partial charge in [-0.1, -0.05) is 29.3 Å². The smallest absolute Gasteiger partial charge is 0.384 e. The minimum absolute atomic E-state index is 0.153. The fraction of sp³-hybridized carbons (Fsp3) is 0.0909. The summed E-state index contributed by atoms with van der Waals surface area (Å²) in [7, 11) is 0. The van der Waals surface area contributed by atoms with Gasteiger partial charge in [-0.2, -0.15) is 13.2 Å². The number of hydrogen-bond acceptors (Lipinski definition) is 4. The number of halogens is 5. The van der Waals surface area contributed by atoms with Crippen molar-refractivity contribution < 1.29 is 13.2 Å². The molecule has 0 aliphatic heterocycles. The van der Waals surface area contributed by atoms with Gasteiger partial charge in [0.15, 0.2) is 0 Å². The number of anilines is 3. The fourth-order valence-electron chi connectivity index (χ4n) is 1.40. The van der Waals surface area contributed by atoms with Crippen molar-refractivity contribution in [1.82, 2.24) is 9.97 Å². The number of nitrogen functional groups attached to an aromatic ring is 1. The fourth-order valence-corrected chi connectivity index (χ4v) is 1.89. The van der Waals surface area contributed by atoms with Crippen LogP contribution >= 0.6 is 23.2 Å². The molecule has 0 fully saturated rings. The minimum Gasteiger partial charge on any atom is -0.384 e. The first kappa shape index (κ1) is 14.7. The molecule has 2 aromatic rings. The van der Waals surface area contributed by atoms with Gasteiger partial charge in [-0.25, -0.2) is 9.97 Å². The van der Waals surface area contributed by atoms with Crippen molar-refractivity contribution in [3.8, 4) is 0 Å². The van der Waals surface area contributed by atoms with Crippen molar-refractivity contribution >= 4 is 40.5 Å². The number of nitrogens with one attached hydrogen (secondary N) is 1. The lowest BCUT2D eigenvalue weighted by atomic mass is 10.3. The average molecular weight is 323 g/mol. The molecule has 0 saturated heterocycles. The maximum absolute atomic E-state index is 12.6. The Morgan fingerprint density at radius 2 is 1.70 bits per heavy atom. The number of para-hydroxylation sites is 1. The first-order chi connectivity index (χ1) is 9.27. The SMILES string of the molecule is Nc1cc(Nc2c(Cl)cccc2Cl)nc(C(F)(F)F)n1. The summed E-state index contributed by atoms with van der Waals surface area (Å²) in [4.78, 5) is 6.47. The zero-order valence-electron chi connectivity index (χ0n) is 9.67. The molecule has 4 nitrogen and oxygen atoms in total. The van der Waals surface area contributed by atoms with Gasteiger partial charge in [0.25, 0.3) is 0 Å². The molecule has 0 aliphatic carbocycles. The van der Waals surface area contributed by atoms with Crippen molar-refractivity contribution in [2.24, 2.45) is 0 Å². The molecule has 20 heavy (non-hydrogen) atoms. The molecule has 0 bridgehead atoms. The summed E-state index contributed by atoms with van der Waals surface area (Å²) in [5, 5.41) is 3.08. The third-order valence-electron chi connectivity index (χ3n) is 2.22. The van der Waals surface area contributed by atoms with E-state index in [9.17, 15) is 13.2 Å². The van der Waals surface area contributed by atoms with Crippen molar-refractivity contribution in [2.45, 2.75) is 6.18 Å². The number of aromatic nitrogens is 2. The molecule has 0 aliphatic rings. The van der Waals surface area contributed by atoms with Gasteiger partial charge in [0.1, 0.15) is 11.6 Å². The van der Waals surface area contributed by atoms with Crippen molar-refractivity contribution in [1.29, 1.82) is 0 Å². The maximum Gasteiger partial charge on any atom is 0.451 e. The van der Waals surface area contributed by atoms with Crippen LogP contribution in [0, 0.1) is 0 Å². The topological polar surface area (TPSA) is 63.8 Å². The zero-order valence-corrected chi connectivity index (χ0v) is 11.2. The van der Waals surface area contributed by atoms with E-state index in [0.717, 1.165) is 6.07 Å². The molecular weight excluding hydrogens is 316 g/mol. The lowest BCUT2D eigenvalue weighted by molar-refractivity contribution is -0.144. The molecule has 0 amide bonds. The van der Waals surface area contributed by atoms with E-state index in [1.807, 2.05) is 0 Å². The molecule has 0 spiro atoms. The highest BCUT2D eigenvalue weighted by Crippen LogP contribution is 2.33. The van der Waals surface area contributed by atoms with Crippen LogP contribution in [0.1, 0.15) is 5.82 Å². The Morgan fingerprint density at radius 1 is 1.10 bits per heavy atom. The zero-order chi connectivity index (χ0) is 14.9. The molecular formula is C11H7Cl2F3N4. The summed E-state index contributed by atoms with van der Waals surface area (Å²) in [6.45, 7) is 0. The van der Waals surface area contributed by atoms with Gasteiger partial charge in [0.05, 0.1) is 15.7 Å². The molecule has 106 valence electrons. The van der Waals surface area contributed by atoms with Gasteiger partial charge in [-0.3, -0.25) is 0 Å².